The van der Waals surface area contributed by atoms with Crippen molar-refractivity contribution >= 4 is 44.2 Å². The second-order valence-corrected chi connectivity index (χ2v) is 6.62. The number of fused-ring (bicyclic) bond motifs is 1. The number of rotatable bonds is 4. The first-order valence-electron chi connectivity index (χ1n) is 8.02. The largest absolute Gasteiger partial charge is 0.322 e. The minimum atomic E-state index is -0.271. The van der Waals surface area contributed by atoms with E-state index in [4.69, 9.17) is 0 Å². The van der Waals surface area contributed by atoms with Crippen LogP contribution in [-0.2, 0) is 0 Å². The van der Waals surface area contributed by atoms with Crippen LogP contribution in [0.4, 0.5) is 10.8 Å². The average molecular weight is 375 g/mol. The molecule has 27 heavy (non-hydrogen) atoms. The first kappa shape index (κ1) is 16.8. The number of thiazole rings is 1. The van der Waals surface area contributed by atoms with Gasteiger partial charge in [-0.1, -0.05) is 11.3 Å². The third kappa shape index (κ3) is 3.80. The fourth-order valence-corrected chi connectivity index (χ4v) is 3.32. The van der Waals surface area contributed by atoms with Gasteiger partial charge in [0.1, 0.15) is 0 Å². The van der Waals surface area contributed by atoms with E-state index in [1.54, 1.807) is 48.8 Å². The maximum atomic E-state index is 12.2. The van der Waals surface area contributed by atoms with E-state index in [0.717, 1.165) is 10.2 Å². The number of anilines is 2. The summed E-state index contributed by atoms with van der Waals surface area (Å²) in [5.41, 5.74) is 2.32. The monoisotopic (exact) mass is 375 g/mol. The molecule has 0 saturated heterocycles. The molecule has 0 saturated carbocycles. The maximum absolute atomic E-state index is 12.2. The Kier molecular flexibility index (Phi) is 4.54. The Hall–Kier alpha value is -3.65. The summed E-state index contributed by atoms with van der Waals surface area (Å²) in [6.45, 7) is 0. The summed E-state index contributed by atoms with van der Waals surface area (Å²) in [6.07, 6.45) is 6.22. The summed E-state index contributed by atoms with van der Waals surface area (Å²) in [6, 6.07) is 12.2. The number of aromatic nitrogens is 3. The first-order valence-corrected chi connectivity index (χ1v) is 8.84. The molecular formula is C19H13N5O2S. The molecule has 0 radical (unpaired) electrons. The van der Waals surface area contributed by atoms with Crippen molar-refractivity contribution in [2.24, 2.45) is 0 Å². The van der Waals surface area contributed by atoms with Crippen LogP contribution in [0.25, 0.3) is 10.2 Å². The van der Waals surface area contributed by atoms with Crippen LogP contribution in [0, 0.1) is 0 Å². The third-order valence-electron chi connectivity index (χ3n) is 3.71. The summed E-state index contributed by atoms with van der Waals surface area (Å²) in [7, 11) is 0. The van der Waals surface area contributed by atoms with Gasteiger partial charge in [0, 0.05) is 30.5 Å². The molecule has 132 valence electrons. The van der Waals surface area contributed by atoms with Crippen LogP contribution in [0.1, 0.15) is 20.7 Å². The molecular weight excluding hydrogens is 362 g/mol. The fraction of sp³-hybridized carbons (Fsp3) is 0. The van der Waals surface area contributed by atoms with Gasteiger partial charge in [-0.05, 0) is 42.5 Å². The minimum Gasteiger partial charge on any atom is -0.322 e. The summed E-state index contributed by atoms with van der Waals surface area (Å²) in [5, 5.41) is 6.08. The van der Waals surface area contributed by atoms with Crippen LogP contribution in [0.2, 0.25) is 0 Å². The number of nitrogens with zero attached hydrogens (tertiary/aromatic N) is 3. The molecule has 4 aromatic rings. The topological polar surface area (TPSA) is 96.9 Å². The molecule has 0 aliphatic rings. The molecule has 0 aliphatic carbocycles. The highest BCUT2D eigenvalue weighted by Gasteiger charge is 2.11. The lowest BCUT2D eigenvalue weighted by Gasteiger charge is -2.04. The molecule has 8 heteroatoms. The standard InChI is InChI=1S/C19H13N5O2S/c25-17(12-3-1-7-20-10-12)22-14-5-6-15-16(9-14)27-19(23-15)24-18(26)13-4-2-8-21-11-13/h1-11H,(H,22,25)(H,23,24,26). The normalized spacial score (nSPS) is 10.5. The summed E-state index contributed by atoms with van der Waals surface area (Å²) >= 11 is 1.33. The Morgan fingerprint density at radius 1 is 0.852 bits per heavy atom. The van der Waals surface area contributed by atoms with Crippen molar-refractivity contribution in [3.8, 4) is 0 Å². The smallest absolute Gasteiger partial charge is 0.259 e. The zero-order valence-electron chi connectivity index (χ0n) is 13.9. The van der Waals surface area contributed by atoms with E-state index in [1.165, 1.54) is 23.7 Å². The van der Waals surface area contributed by atoms with Crippen LogP contribution in [0.3, 0.4) is 0 Å². The lowest BCUT2D eigenvalue weighted by molar-refractivity contribution is 0.101. The lowest BCUT2D eigenvalue weighted by Crippen LogP contribution is -2.11. The Morgan fingerprint density at radius 3 is 2.15 bits per heavy atom. The molecule has 2 N–H and O–H groups in total. The van der Waals surface area contributed by atoms with Crippen LogP contribution in [0.5, 0.6) is 0 Å². The molecule has 0 fully saturated rings. The van der Waals surface area contributed by atoms with Gasteiger partial charge in [-0.25, -0.2) is 4.98 Å². The fourth-order valence-electron chi connectivity index (χ4n) is 2.42. The average Bonchev–Trinajstić information content (AvgIpc) is 3.10. The van der Waals surface area contributed by atoms with E-state index in [0.29, 0.717) is 21.9 Å². The Bertz CT molecular complexity index is 1060. The van der Waals surface area contributed by atoms with Crippen molar-refractivity contribution < 1.29 is 9.59 Å². The zero-order chi connectivity index (χ0) is 18.6. The molecule has 7 nitrogen and oxygen atoms in total. The third-order valence-corrected chi connectivity index (χ3v) is 4.65. The predicted octanol–water partition coefficient (Wildman–Crippen LogP) is 3.59. The van der Waals surface area contributed by atoms with E-state index < -0.39 is 0 Å². The van der Waals surface area contributed by atoms with Gasteiger partial charge in [-0.2, -0.15) is 0 Å². The minimum absolute atomic E-state index is 0.239. The van der Waals surface area contributed by atoms with Gasteiger partial charge in [-0.15, -0.1) is 0 Å². The van der Waals surface area contributed by atoms with Crippen molar-refractivity contribution in [3.63, 3.8) is 0 Å². The van der Waals surface area contributed by atoms with Crippen molar-refractivity contribution in [3.05, 3.63) is 78.4 Å². The van der Waals surface area contributed by atoms with Crippen LogP contribution in [0.15, 0.2) is 67.3 Å². The second-order valence-electron chi connectivity index (χ2n) is 5.59. The number of carbonyl (C=O) groups excluding carboxylic acids is 2. The molecule has 2 amide bonds. The molecule has 0 spiro atoms. The van der Waals surface area contributed by atoms with Crippen molar-refractivity contribution in [1.29, 1.82) is 0 Å². The highest BCUT2D eigenvalue weighted by molar-refractivity contribution is 7.22. The number of pyridine rings is 2. The van der Waals surface area contributed by atoms with Crippen molar-refractivity contribution in [2.45, 2.75) is 0 Å². The number of amides is 2. The van der Waals surface area contributed by atoms with E-state index >= 15 is 0 Å². The molecule has 0 atom stereocenters. The number of hydrogen-bond acceptors (Lipinski definition) is 6. The molecule has 0 aliphatic heterocycles. The number of carbonyl (C=O) groups is 2. The predicted molar refractivity (Wildman–Crippen MR) is 104 cm³/mol. The molecule has 1 aromatic carbocycles. The molecule has 0 unspecified atom stereocenters. The Balaban J connectivity index is 1.52. The lowest BCUT2D eigenvalue weighted by atomic mass is 10.2. The molecule has 3 heterocycles. The summed E-state index contributed by atoms with van der Waals surface area (Å²) < 4.78 is 0.848. The summed E-state index contributed by atoms with van der Waals surface area (Å²) in [5.74, 6) is -0.510. The van der Waals surface area contributed by atoms with E-state index in [1.807, 2.05) is 6.07 Å². The number of hydrogen-bond donors (Lipinski definition) is 2. The summed E-state index contributed by atoms with van der Waals surface area (Å²) in [4.78, 5) is 36.7. The van der Waals surface area contributed by atoms with Gasteiger partial charge in [-0.3, -0.25) is 24.9 Å². The van der Waals surface area contributed by atoms with Crippen molar-refractivity contribution in [1.82, 2.24) is 15.0 Å². The first-order chi connectivity index (χ1) is 13.2. The molecule has 3 aromatic heterocycles. The van der Waals surface area contributed by atoms with Crippen molar-refractivity contribution in [2.75, 3.05) is 10.6 Å². The van der Waals surface area contributed by atoms with Crippen LogP contribution >= 0.6 is 11.3 Å². The Labute approximate surface area is 158 Å². The van der Waals surface area contributed by atoms with Gasteiger partial charge >= 0.3 is 0 Å². The highest BCUT2D eigenvalue weighted by atomic mass is 32.1. The second kappa shape index (κ2) is 7.30. The molecule has 4 rings (SSSR count). The highest BCUT2D eigenvalue weighted by Crippen LogP contribution is 2.28. The van der Waals surface area contributed by atoms with Gasteiger partial charge in [0.15, 0.2) is 5.13 Å². The molecule has 0 bridgehead atoms. The van der Waals surface area contributed by atoms with Gasteiger partial charge in [0.05, 0.1) is 21.3 Å². The number of nitrogens with one attached hydrogen (secondary N) is 2. The Morgan fingerprint density at radius 2 is 1.52 bits per heavy atom. The number of benzene rings is 1. The van der Waals surface area contributed by atoms with E-state index in [9.17, 15) is 9.59 Å². The quantitative estimate of drug-likeness (QED) is 0.568. The zero-order valence-corrected chi connectivity index (χ0v) is 14.7. The van der Waals surface area contributed by atoms with Crippen LogP contribution < -0.4 is 10.6 Å². The van der Waals surface area contributed by atoms with Gasteiger partial charge < -0.3 is 5.32 Å². The maximum Gasteiger partial charge on any atom is 0.259 e. The van der Waals surface area contributed by atoms with Gasteiger partial charge in [0.2, 0.25) is 0 Å². The van der Waals surface area contributed by atoms with E-state index in [-0.39, 0.29) is 11.8 Å². The SMILES string of the molecule is O=C(Nc1ccc2nc(NC(=O)c3cccnc3)sc2c1)c1cccnc1. The van der Waals surface area contributed by atoms with E-state index in [2.05, 4.69) is 25.6 Å². The van der Waals surface area contributed by atoms with Crippen LogP contribution in [-0.4, -0.2) is 26.8 Å². The van der Waals surface area contributed by atoms with Gasteiger partial charge in [0.25, 0.3) is 11.8 Å².